The molecule has 2 rings (SSSR count). The van der Waals surface area contributed by atoms with Crippen molar-refractivity contribution in [1.82, 2.24) is 15.1 Å². The normalized spacial score (nSPS) is 16.9. The zero-order chi connectivity index (χ0) is 16.8. The Hall–Kier alpha value is -1.36. The highest BCUT2D eigenvalue weighted by atomic mass is 16.3. The van der Waals surface area contributed by atoms with Gasteiger partial charge < -0.3 is 10.4 Å². The van der Waals surface area contributed by atoms with Gasteiger partial charge in [-0.25, -0.2) is 0 Å². The molecule has 2 N–H and O–H groups in total. The first-order valence-corrected chi connectivity index (χ1v) is 8.96. The number of carbonyl (C=O) groups is 1. The number of aromatic nitrogens is 2. The number of carbonyl (C=O) groups excluding carboxylic acids is 1. The van der Waals surface area contributed by atoms with Crippen molar-refractivity contribution in [1.29, 1.82) is 0 Å². The average Bonchev–Trinajstić information content (AvgIpc) is 3.13. The quantitative estimate of drug-likeness (QED) is 0.773. The van der Waals surface area contributed by atoms with Gasteiger partial charge in [-0.3, -0.25) is 9.48 Å². The molecule has 5 nitrogen and oxygen atoms in total. The van der Waals surface area contributed by atoms with Crippen molar-refractivity contribution in [3.05, 3.63) is 17.5 Å². The van der Waals surface area contributed by atoms with Crippen LogP contribution in [0.2, 0.25) is 0 Å². The number of hydrogen-bond donors (Lipinski definition) is 2. The average molecular weight is 321 g/mol. The van der Waals surface area contributed by atoms with Crippen molar-refractivity contribution in [2.75, 3.05) is 13.2 Å². The van der Waals surface area contributed by atoms with E-state index in [1.807, 2.05) is 11.6 Å². The molecule has 1 heterocycles. The fourth-order valence-corrected chi connectivity index (χ4v) is 3.65. The molecule has 0 aromatic carbocycles. The summed E-state index contributed by atoms with van der Waals surface area (Å²) in [5, 5.41) is 16.7. The predicted molar refractivity (Wildman–Crippen MR) is 91.5 cm³/mol. The summed E-state index contributed by atoms with van der Waals surface area (Å²) in [5.74, 6) is 0.850. The Morgan fingerprint density at radius 2 is 2.13 bits per heavy atom. The van der Waals surface area contributed by atoms with Crippen molar-refractivity contribution in [3.8, 4) is 0 Å². The van der Waals surface area contributed by atoms with Crippen molar-refractivity contribution < 1.29 is 9.90 Å². The number of amides is 1. The predicted octanol–water partition coefficient (Wildman–Crippen LogP) is 3.08. The molecule has 1 fully saturated rings. The fourth-order valence-electron chi connectivity index (χ4n) is 3.65. The Balaban J connectivity index is 1.94. The van der Waals surface area contributed by atoms with Crippen LogP contribution in [0.25, 0.3) is 0 Å². The maximum Gasteiger partial charge on any atom is 0.254 e. The number of rotatable bonds is 8. The molecule has 1 saturated carbocycles. The van der Waals surface area contributed by atoms with E-state index in [1.54, 1.807) is 6.20 Å². The largest absolute Gasteiger partial charge is 0.396 e. The molecule has 1 aromatic rings. The van der Waals surface area contributed by atoms with Crippen molar-refractivity contribution in [3.63, 3.8) is 0 Å². The van der Waals surface area contributed by atoms with Gasteiger partial charge in [0.25, 0.3) is 5.91 Å². The van der Waals surface area contributed by atoms with Crippen molar-refractivity contribution in [2.24, 2.45) is 11.8 Å². The molecular weight excluding hydrogens is 290 g/mol. The Morgan fingerprint density at radius 1 is 1.43 bits per heavy atom. The lowest BCUT2D eigenvalue weighted by atomic mass is 9.94. The van der Waals surface area contributed by atoms with Gasteiger partial charge in [-0.05, 0) is 44.4 Å². The van der Waals surface area contributed by atoms with Gasteiger partial charge >= 0.3 is 0 Å². The third-order valence-electron chi connectivity index (χ3n) is 4.85. The number of aliphatic hydroxyl groups excluding tert-OH is 1. The Labute approximate surface area is 139 Å². The van der Waals surface area contributed by atoms with Gasteiger partial charge in [-0.2, -0.15) is 5.10 Å². The summed E-state index contributed by atoms with van der Waals surface area (Å²) in [5.41, 5.74) is 1.65. The summed E-state index contributed by atoms with van der Waals surface area (Å²) in [6, 6.07) is 0.458. The van der Waals surface area contributed by atoms with Crippen LogP contribution in [-0.2, 0) is 0 Å². The van der Waals surface area contributed by atoms with Crippen molar-refractivity contribution in [2.45, 2.75) is 65.3 Å². The van der Waals surface area contributed by atoms with Gasteiger partial charge in [0.2, 0.25) is 0 Å². The first-order valence-electron chi connectivity index (χ1n) is 8.96. The minimum atomic E-state index is -0.0431. The minimum absolute atomic E-state index is 0.0431. The monoisotopic (exact) mass is 321 g/mol. The zero-order valence-corrected chi connectivity index (χ0v) is 14.7. The molecular formula is C18H31N3O2. The highest BCUT2D eigenvalue weighted by Crippen LogP contribution is 2.30. The summed E-state index contributed by atoms with van der Waals surface area (Å²) < 4.78 is 2.03. The summed E-state index contributed by atoms with van der Waals surface area (Å²) in [6.45, 7) is 7.11. The summed E-state index contributed by atoms with van der Waals surface area (Å²) in [6.07, 6.45) is 8.28. The van der Waals surface area contributed by atoms with Crippen molar-refractivity contribution >= 4 is 5.91 Å². The second kappa shape index (κ2) is 8.48. The Morgan fingerprint density at radius 3 is 2.74 bits per heavy atom. The van der Waals surface area contributed by atoms with Crippen LogP contribution in [0.5, 0.6) is 0 Å². The van der Waals surface area contributed by atoms with E-state index in [-0.39, 0.29) is 12.5 Å². The topological polar surface area (TPSA) is 67.2 Å². The number of nitrogens with one attached hydrogen (secondary N) is 1. The van der Waals surface area contributed by atoms with Gasteiger partial charge in [0.15, 0.2) is 0 Å². The Kier molecular flexibility index (Phi) is 6.63. The Bertz CT molecular complexity index is 504. The van der Waals surface area contributed by atoms with E-state index in [0.717, 1.165) is 31.4 Å². The van der Waals surface area contributed by atoms with E-state index in [1.165, 1.54) is 12.8 Å². The molecule has 1 aromatic heterocycles. The molecule has 130 valence electrons. The van der Waals surface area contributed by atoms with Crippen LogP contribution in [0.15, 0.2) is 6.20 Å². The fraction of sp³-hybridized carbons (Fsp3) is 0.778. The molecule has 0 saturated heterocycles. The molecule has 0 spiro atoms. The first-order chi connectivity index (χ1) is 11.0. The lowest BCUT2D eigenvalue weighted by Crippen LogP contribution is -2.30. The van der Waals surface area contributed by atoms with E-state index >= 15 is 0 Å². The lowest BCUT2D eigenvalue weighted by Gasteiger charge is -2.18. The molecule has 0 aliphatic heterocycles. The highest BCUT2D eigenvalue weighted by Gasteiger charge is 2.23. The van der Waals surface area contributed by atoms with Gasteiger partial charge in [-0.15, -0.1) is 0 Å². The van der Waals surface area contributed by atoms with E-state index in [4.69, 9.17) is 0 Å². The van der Waals surface area contributed by atoms with Crippen LogP contribution in [0.3, 0.4) is 0 Å². The summed E-state index contributed by atoms with van der Waals surface area (Å²) >= 11 is 0. The molecule has 1 aliphatic carbocycles. The maximum absolute atomic E-state index is 12.5. The van der Waals surface area contributed by atoms with Gasteiger partial charge in [0, 0.05) is 18.8 Å². The lowest BCUT2D eigenvalue weighted by molar-refractivity contribution is 0.0940. The second-order valence-corrected chi connectivity index (χ2v) is 7.24. The highest BCUT2D eigenvalue weighted by molar-refractivity contribution is 5.95. The number of nitrogens with zero attached hydrogens (tertiary/aromatic N) is 2. The smallest absolute Gasteiger partial charge is 0.254 e. The standard InChI is InChI=1S/C18H31N3O2/c1-13(2)10-15(8-9-22)11-19-18(23)17-12-20-21(14(17)3)16-6-4-5-7-16/h12-13,15-16,22H,4-11H2,1-3H3,(H,19,23). The molecule has 1 amide bonds. The van der Waals surface area contributed by atoms with Crippen LogP contribution in [-0.4, -0.2) is 33.9 Å². The van der Waals surface area contributed by atoms with Gasteiger partial charge in [0.05, 0.1) is 17.8 Å². The van der Waals surface area contributed by atoms with E-state index in [0.29, 0.717) is 30.0 Å². The third kappa shape index (κ3) is 4.80. The van der Waals surface area contributed by atoms with Gasteiger partial charge in [-0.1, -0.05) is 26.7 Å². The summed E-state index contributed by atoms with van der Waals surface area (Å²) in [4.78, 5) is 12.5. The first kappa shape index (κ1) is 18.0. The number of hydrogen-bond acceptors (Lipinski definition) is 3. The van der Waals surface area contributed by atoms with E-state index < -0.39 is 0 Å². The SMILES string of the molecule is Cc1c(C(=O)NCC(CCO)CC(C)C)cnn1C1CCCC1. The maximum atomic E-state index is 12.5. The van der Waals surface area contributed by atoms with Crippen LogP contribution in [0, 0.1) is 18.8 Å². The van der Waals surface area contributed by atoms with Crippen LogP contribution >= 0.6 is 0 Å². The second-order valence-electron chi connectivity index (χ2n) is 7.24. The van der Waals surface area contributed by atoms with Crippen LogP contribution < -0.4 is 5.32 Å². The molecule has 5 heteroatoms. The molecule has 23 heavy (non-hydrogen) atoms. The van der Waals surface area contributed by atoms with Crippen LogP contribution in [0.4, 0.5) is 0 Å². The number of aliphatic hydroxyl groups is 1. The zero-order valence-electron chi connectivity index (χ0n) is 14.7. The van der Waals surface area contributed by atoms with Gasteiger partial charge in [0.1, 0.15) is 0 Å². The third-order valence-corrected chi connectivity index (χ3v) is 4.85. The van der Waals surface area contributed by atoms with E-state index in [9.17, 15) is 9.90 Å². The summed E-state index contributed by atoms with van der Waals surface area (Å²) in [7, 11) is 0. The molecule has 1 unspecified atom stereocenters. The minimum Gasteiger partial charge on any atom is -0.396 e. The van der Waals surface area contributed by atoms with Crippen LogP contribution in [0.1, 0.15) is 74.5 Å². The van der Waals surface area contributed by atoms with E-state index in [2.05, 4.69) is 24.3 Å². The molecule has 0 radical (unpaired) electrons. The molecule has 1 aliphatic rings. The molecule has 0 bridgehead atoms. The molecule has 1 atom stereocenters.